The van der Waals surface area contributed by atoms with Gasteiger partial charge in [-0.25, -0.2) is 8.42 Å². The molecule has 8 heteroatoms. The van der Waals surface area contributed by atoms with Gasteiger partial charge < -0.3 is 14.8 Å². The standard InChI is InChI=1S/C23H30N2O5S/c1-3-4-5-6-18-7-9-19(10-8-18)24-23(26)21-17-20(11-12-22(21)29-2)31(27,28)25-13-15-30-16-14-25/h7-12,17H,3-6,13-16H2,1-2H3,(H,24,26). The molecule has 1 aliphatic heterocycles. The summed E-state index contributed by atoms with van der Waals surface area (Å²) in [5.74, 6) is -0.107. The molecule has 0 aromatic heterocycles. The highest BCUT2D eigenvalue weighted by molar-refractivity contribution is 7.89. The van der Waals surface area contributed by atoms with Gasteiger partial charge in [0.15, 0.2) is 0 Å². The second-order valence-electron chi connectivity index (χ2n) is 7.49. The van der Waals surface area contributed by atoms with E-state index < -0.39 is 15.9 Å². The number of benzene rings is 2. The highest BCUT2D eigenvalue weighted by Gasteiger charge is 2.28. The van der Waals surface area contributed by atoms with Gasteiger partial charge >= 0.3 is 0 Å². The maximum absolute atomic E-state index is 13.0. The zero-order valence-electron chi connectivity index (χ0n) is 18.1. The lowest BCUT2D eigenvalue weighted by molar-refractivity contribution is 0.0730. The third-order valence-corrected chi connectivity index (χ3v) is 7.20. The molecule has 1 amide bonds. The van der Waals surface area contributed by atoms with Crippen LogP contribution in [0.15, 0.2) is 47.4 Å². The monoisotopic (exact) mass is 446 g/mol. The van der Waals surface area contributed by atoms with E-state index in [1.807, 2.05) is 24.3 Å². The molecule has 0 bridgehead atoms. The average Bonchev–Trinajstić information content (AvgIpc) is 2.80. The van der Waals surface area contributed by atoms with Crippen LogP contribution < -0.4 is 10.1 Å². The van der Waals surface area contributed by atoms with Crippen molar-refractivity contribution in [3.05, 3.63) is 53.6 Å². The van der Waals surface area contributed by atoms with E-state index in [-0.39, 0.29) is 10.5 Å². The summed E-state index contributed by atoms with van der Waals surface area (Å²) in [4.78, 5) is 13.0. The molecule has 31 heavy (non-hydrogen) atoms. The quantitative estimate of drug-likeness (QED) is 0.594. The minimum Gasteiger partial charge on any atom is -0.496 e. The molecule has 1 aliphatic rings. The number of sulfonamides is 1. The van der Waals surface area contributed by atoms with Gasteiger partial charge in [0.1, 0.15) is 5.75 Å². The van der Waals surface area contributed by atoms with Crippen molar-refractivity contribution in [2.75, 3.05) is 38.7 Å². The van der Waals surface area contributed by atoms with Crippen LogP contribution in [0.2, 0.25) is 0 Å². The zero-order valence-corrected chi connectivity index (χ0v) is 18.9. The minimum atomic E-state index is -3.71. The molecule has 3 rings (SSSR count). The summed E-state index contributed by atoms with van der Waals surface area (Å²) in [6, 6.07) is 12.1. The fraction of sp³-hybridized carbons (Fsp3) is 0.435. The minimum absolute atomic E-state index is 0.0617. The van der Waals surface area contributed by atoms with E-state index in [0.717, 1.165) is 12.8 Å². The van der Waals surface area contributed by atoms with Crippen LogP contribution in [0.25, 0.3) is 0 Å². The number of nitrogens with zero attached hydrogens (tertiary/aromatic N) is 1. The Hall–Kier alpha value is -2.42. The maximum atomic E-state index is 13.0. The van der Waals surface area contributed by atoms with Crippen LogP contribution in [0.1, 0.15) is 42.1 Å². The Morgan fingerprint density at radius 2 is 1.81 bits per heavy atom. The molecule has 0 radical (unpaired) electrons. The number of unbranched alkanes of at least 4 members (excludes halogenated alkanes) is 2. The predicted octanol–water partition coefficient (Wildman–Crippen LogP) is 3.70. The first kappa shape index (κ1) is 23.2. The number of hydrogen-bond acceptors (Lipinski definition) is 5. The topological polar surface area (TPSA) is 84.9 Å². The molecule has 0 atom stereocenters. The summed E-state index contributed by atoms with van der Waals surface area (Å²) >= 11 is 0. The van der Waals surface area contributed by atoms with Gasteiger partial charge in [-0.2, -0.15) is 4.31 Å². The van der Waals surface area contributed by atoms with E-state index in [1.54, 1.807) is 0 Å². The van der Waals surface area contributed by atoms with E-state index in [2.05, 4.69) is 12.2 Å². The van der Waals surface area contributed by atoms with Gasteiger partial charge in [-0.3, -0.25) is 4.79 Å². The molecule has 0 spiro atoms. The zero-order chi connectivity index (χ0) is 22.3. The Labute approximate surface area is 184 Å². The van der Waals surface area contributed by atoms with Gasteiger partial charge in [0.05, 0.1) is 30.8 Å². The van der Waals surface area contributed by atoms with Gasteiger partial charge in [0.2, 0.25) is 10.0 Å². The van der Waals surface area contributed by atoms with Crippen molar-refractivity contribution in [1.29, 1.82) is 0 Å². The van der Waals surface area contributed by atoms with Crippen LogP contribution >= 0.6 is 0 Å². The molecule has 168 valence electrons. The molecule has 1 fully saturated rings. The average molecular weight is 447 g/mol. The van der Waals surface area contributed by atoms with Crippen molar-refractivity contribution < 1.29 is 22.7 Å². The van der Waals surface area contributed by atoms with Crippen LogP contribution in [0, 0.1) is 0 Å². The Balaban J connectivity index is 1.77. The summed E-state index contributed by atoms with van der Waals surface area (Å²) in [6.45, 7) is 3.48. The number of morpholine rings is 1. The van der Waals surface area contributed by atoms with Crippen molar-refractivity contribution in [2.24, 2.45) is 0 Å². The Morgan fingerprint density at radius 3 is 2.45 bits per heavy atom. The van der Waals surface area contributed by atoms with Gasteiger partial charge in [-0.05, 0) is 48.7 Å². The largest absolute Gasteiger partial charge is 0.496 e. The molecule has 2 aromatic rings. The van der Waals surface area contributed by atoms with Crippen molar-refractivity contribution in [3.63, 3.8) is 0 Å². The summed E-state index contributed by atoms with van der Waals surface area (Å²) < 4.78 is 37.8. The summed E-state index contributed by atoms with van der Waals surface area (Å²) in [5, 5.41) is 2.84. The second kappa shape index (κ2) is 10.7. The fourth-order valence-corrected chi connectivity index (χ4v) is 4.93. The Morgan fingerprint density at radius 1 is 1.10 bits per heavy atom. The number of methoxy groups -OCH3 is 1. The van der Waals surface area contributed by atoms with Crippen molar-refractivity contribution in [2.45, 2.75) is 37.5 Å². The molecule has 1 saturated heterocycles. The van der Waals surface area contributed by atoms with Gasteiger partial charge in [0.25, 0.3) is 5.91 Å². The number of ether oxygens (including phenoxy) is 2. The molecule has 7 nitrogen and oxygen atoms in total. The molecular weight excluding hydrogens is 416 g/mol. The Kier molecular flexibility index (Phi) is 8.06. The predicted molar refractivity (Wildman–Crippen MR) is 120 cm³/mol. The van der Waals surface area contributed by atoms with Crippen molar-refractivity contribution in [1.82, 2.24) is 4.31 Å². The van der Waals surface area contributed by atoms with Crippen LogP contribution in [0.4, 0.5) is 5.69 Å². The number of carbonyl (C=O) groups is 1. The van der Waals surface area contributed by atoms with Crippen molar-refractivity contribution in [3.8, 4) is 5.75 Å². The summed E-state index contributed by atoms with van der Waals surface area (Å²) in [6.07, 6.45) is 4.53. The molecular formula is C23H30N2O5S. The van der Waals surface area contributed by atoms with Crippen LogP contribution in [-0.2, 0) is 21.2 Å². The van der Waals surface area contributed by atoms with Gasteiger partial charge in [-0.15, -0.1) is 0 Å². The third kappa shape index (κ3) is 5.84. The lowest BCUT2D eigenvalue weighted by Gasteiger charge is -2.26. The number of carbonyl (C=O) groups excluding carboxylic acids is 1. The van der Waals surface area contributed by atoms with E-state index in [9.17, 15) is 13.2 Å². The van der Waals surface area contributed by atoms with Gasteiger partial charge in [-0.1, -0.05) is 31.9 Å². The van der Waals surface area contributed by atoms with E-state index in [0.29, 0.717) is 37.7 Å². The normalized spacial score (nSPS) is 14.9. The number of hydrogen-bond donors (Lipinski definition) is 1. The fourth-order valence-electron chi connectivity index (χ4n) is 3.49. The summed E-state index contributed by atoms with van der Waals surface area (Å²) in [5.41, 5.74) is 2.04. The SMILES string of the molecule is CCCCCc1ccc(NC(=O)c2cc(S(=O)(=O)N3CCOCC3)ccc2OC)cc1. The third-order valence-electron chi connectivity index (χ3n) is 5.30. The molecule has 1 heterocycles. The number of nitrogens with one attached hydrogen (secondary N) is 1. The first-order valence-corrected chi connectivity index (χ1v) is 12.1. The van der Waals surface area contributed by atoms with Crippen LogP contribution in [-0.4, -0.2) is 52.0 Å². The number of rotatable bonds is 9. The van der Waals surface area contributed by atoms with E-state index >= 15 is 0 Å². The molecule has 0 aliphatic carbocycles. The molecule has 0 saturated carbocycles. The first-order chi connectivity index (χ1) is 15.0. The van der Waals surface area contributed by atoms with Crippen molar-refractivity contribution >= 4 is 21.6 Å². The smallest absolute Gasteiger partial charge is 0.259 e. The molecule has 1 N–H and O–H groups in total. The molecule has 0 unspecified atom stereocenters. The second-order valence-corrected chi connectivity index (χ2v) is 9.42. The first-order valence-electron chi connectivity index (χ1n) is 10.6. The number of aryl methyl sites for hydroxylation is 1. The lowest BCUT2D eigenvalue weighted by Crippen LogP contribution is -2.40. The molecule has 2 aromatic carbocycles. The van der Waals surface area contributed by atoms with E-state index in [4.69, 9.17) is 9.47 Å². The maximum Gasteiger partial charge on any atom is 0.259 e. The number of anilines is 1. The van der Waals surface area contributed by atoms with Crippen LogP contribution in [0.3, 0.4) is 0 Å². The highest BCUT2D eigenvalue weighted by Crippen LogP contribution is 2.26. The van der Waals surface area contributed by atoms with Crippen LogP contribution in [0.5, 0.6) is 5.75 Å². The Bertz CT molecular complexity index is 984. The number of amides is 1. The highest BCUT2D eigenvalue weighted by atomic mass is 32.2. The summed E-state index contributed by atoms with van der Waals surface area (Å²) in [7, 11) is -2.26. The van der Waals surface area contributed by atoms with Gasteiger partial charge in [0, 0.05) is 18.8 Å². The lowest BCUT2D eigenvalue weighted by atomic mass is 10.1. The van der Waals surface area contributed by atoms with E-state index in [1.165, 1.54) is 48.0 Å².